The van der Waals surface area contributed by atoms with Gasteiger partial charge < -0.3 is 24.8 Å². The minimum Gasteiger partial charge on any atom is -0.454 e. The van der Waals surface area contributed by atoms with Crippen molar-refractivity contribution in [3.05, 3.63) is 59.7 Å². The number of aliphatic imine (C=N–C) groups is 1. The van der Waals surface area contributed by atoms with Gasteiger partial charge in [-0.05, 0) is 23.3 Å². The van der Waals surface area contributed by atoms with Crippen LogP contribution in [-0.4, -0.2) is 33.5 Å². The molecule has 0 amide bonds. The van der Waals surface area contributed by atoms with Crippen LogP contribution in [0.15, 0.2) is 53.5 Å². The maximum Gasteiger partial charge on any atom is 0.231 e. The quantitative estimate of drug-likeness (QED) is 0.624. The summed E-state index contributed by atoms with van der Waals surface area (Å²) in [4.78, 5) is 4.26. The summed E-state index contributed by atoms with van der Waals surface area (Å²) in [5, 5.41) is 6.59. The molecule has 132 valence electrons. The number of benzene rings is 2. The average molecular weight is 341 g/mol. The maximum atomic E-state index is 5.57. The summed E-state index contributed by atoms with van der Waals surface area (Å²) in [5.74, 6) is 2.29. The molecule has 0 spiro atoms. The van der Waals surface area contributed by atoms with E-state index in [2.05, 4.69) is 27.8 Å². The molecular weight excluding hydrogens is 318 g/mol. The second kappa shape index (κ2) is 8.39. The van der Waals surface area contributed by atoms with Gasteiger partial charge in [-0.1, -0.05) is 36.4 Å². The Bertz CT molecular complexity index is 719. The van der Waals surface area contributed by atoms with Crippen molar-refractivity contribution in [2.24, 2.45) is 4.99 Å². The van der Waals surface area contributed by atoms with Crippen molar-refractivity contribution in [2.75, 3.05) is 27.5 Å². The number of ether oxygens (including phenoxy) is 3. The smallest absolute Gasteiger partial charge is 0.231 e. The lowest BCUT2D eigenvalue weighted by molar-refractivity contribution is 0.106. The summed E-state index contributed by atoms with van der Waals surface area (Å²) in [6.45, 7) is 1.55. The highest BCUT2D eigenvalue weighted by molar-refractivity contribution is 5.79. The highest BCUT2D eigenvalue weighted by atomic mass is 16.7. The van der Waals surface area contributed by atoms with Crippen LogP contribution in [0.5, 0.6) is 11.5 Å². The molecule has 0 radical (unpaired) electrons. The molecule has 0 fully saturated rings. The monoisotopic (exact) mass is 341 g/mol. The van der Waals surface area contributed by atoms with Gasteiger partial charge in [0.15, 0.2) is 17.5 Å². The van der Waals surface area contributed by atoms with Gasteiger partial charge in [0, 0.05) is 27.2 Å². The van der Waals surface area contributed by atoms with E-state index in [4.69, 9.17) is 14.2 Å². The van der Waals surface area contributed by atoms with Crippen molar-refractivity contribution < 1.29 is 14.2 Å². The van der Waals surface area contributed by atoms with Gasteiger partial charge in [-0.2, -0.15) is 0 Å². The van der Waals surface area contributed by atoms with E-state index in [1.54, 1.807) is 14.2 Å². The van der Waals surface area contributed by atoms with E-state index >= 15 is 0 Å². The highest BCUT2D eigenvalue weighted by Gasteiger charge is 2.14. The standard InChI is InChI=1S/C19H23N3O3/c1-20-19(22-12-18(23-2)15-6-4-3-5-7-15)21-11-14-8-9-16-17(10-14)25-13-24-16/h3-10,18H,11-13H2,1-2H3,(H2,20,21,22). The molecule has 1 aliphatic rings. The summed E-state index contributed by atoms with van der Waals surface area (Å²) in [7, 11) is 3.46. The molecule has 0 saturated carbocycles. The molecule has 0 aliphatic carbocycles. The number of nitrogens with one attached hydrogen (secondary N) is 2. The Hall–Kier alpha value is -2.73. The van der Waals surface area contributed by atoms with E-state index in [1.807, 2.05) is 36.4 Å². The first-order chi connectivity index (χ1) is 12.3. The molecule has 0 aromatic heterocycles. The van der Waals surface area contributed by atoms with Crippen molar-refractivity contribution in [1.82, 2.24) is 10.6 Å². The summed E-state index contributed by atoms with van der Waals surface area (Å²) in [6.07, 6.45) is -0.0368. The van der Waals surface area contributed by atoms with Crippen molar-refractivity contribution >= 4 is 5.96 Å². The fraction of sp³-hybridized carbons (Fsp3) is 0.316. The molecule has 6 heteroatoms. The van der Waals surface area contributed by atoms with Crippen LogP contribution in [0.25, 0.3) is 0 Å². The summed E-state index contributed by atoms with van der Waals surface area (Å²) >= 11 is 0. The lowest BCUT2D eigenvalue weighted by Gasteiger charge is -2.18. The second-order valence-corrected chi connectivity index (χ2v) is 5.63. The van der Waals surface area contributed by atoms with Crippen molar-refractivity contribution in [3.63, 3.8) is 0 Å². The fourth-order valence-electron chi connectivity index (χ4n) is 2.65. The predicted octanol–water partition coefficient (Wildman–Crippen LogP) is 2.47. The van der Waals surface area contributed by atoms with Crippen LogP contribution < -0.4 is 20.1 Å². The molecule has 1 unspecified atom stereocenters. The Morgan fingerprint density at radius 1 is 1.12 bits per heavy atom. The zero-order chi connectivity index (χ0) is 17.5. The number of hydrogen-bond acceptors (Lipinski definition) is 4. The normalized spacial score (nSPS) is 14.2. The number of rotatable bonds is 6. The van der Waals surface area contributed by atoms with Gasteiger partial charge >= 0.3 is 0 Å². The fourth-order valence-corrected chi connectivity index (χ4v) is 2.65. The molecular formula is C19H23N3O3. The first-order valence-corrected chi connectivity index (χ1v) is 8.21. The molecule has 1 aliphatic heterocycles. The van der Waals surface area contributed by atoms with Crippen LogP contribution >= 0.6 is 0 Å². The van der Waals surface area contributed by atoms with E-state index in [0.717, 1.165) is 28.6 Å². The molecule has 3 rings (SSSR count). The number of guanidine groups is 1. The van der Waals surface area contributed by atoms with Crippen molar-refractivity contribution in [1.29, 1.82) is 0 Å². The number of hydrogen-bond donors (Lipinski definition) is 2. The third kappa shape index (κ3) is 4.42. The number of methoxy groups -OCH3 is 1. The summed E-state index contributed by atoms with van der Waals surface area (Å²) in [5.41, 5.74) is 2.22. The van der Waals surface area contributed by atoms with E-state index in [0.29, 0.717) is 13.1 Å². The highest BCUT2D eigenvalue weighted by Crippen LogP contribution is 2.32. The van der Waals surface area contributed by atoms with Crippen LogP contribution in [0.1, 0.15) is 17.2 Å². The van der Waals surface area contributed by atoms with Crippen LogP contribution in [0.2, 0.25) is 0 Å². The first-order valence-electron chi connectivity index (χ1n) is 8.21. The summed E-state index contributed by atoms with van der Waals surface area (Å²) < 4.78 is 16.3. The number of nitrogens with zero attached hydrogens (tertiary/aromatic N) is 1. The molecule has 1 heterocycles. The predicted molar refractivity (Wildman–Crippen MR) is 97.0 cm³/mol. The summed E-state index contributed by atoms with van der Waals surface area (Å²) in [6, 6.07) is 16.0. The first kappa shape index (κ1) is 17.1. The van der Waals surface area contributed by atoms with Gasteiger partial charge in [-0.15, -0.1) is 0 Å². The van der Waals surface area contributed by atoms with Crippen LogP contribution in [0.4, 0.5) is 0 Å². The Morgan fingerprint density at radius 2 is 1.92 bits per heavy atom. The molecule has 25 heavy (non-hydrogen) atoms. The molecule has 2 aromatic carbocycles. The van der Waals surface area contributed by atoms with Crippen LogP contribution in [0, 0.1) is 0 Å². The van der Waals surface area contributed by atoms with Crippen LogP contribution in [0.3, 0.4) is 0 Å². The minimum atomic E-state index is -0.0368. The Kier molecular flexibility index (Phi) is 5.74. The SMILES string of the molecule is CN=C(NCc1ccc2c(c1)OCO2)NCC(OC)c1ccccc1. The van der Waals surface area contributed by atoms with E-state index < -0.39 is 0 Å². The molecule has 1 atom stereocenters. The zero-order valence-corrected chi connectivity index (χ0v) is 14.5. The van der Waals surface area contributed by atoms with Gasteiger partial charge in [0.2, 0.25) is 6.79 Å². The van der Waals surface area contributed by atoms with E-state index in [-0.39, 0.29) is 12.9 Å². The zero-order valence-electron chi connectivity index (χ0n) is 14.5. The lowest BCUT2D eigenvalue weighted by atomic mass is 10.1. The van der Waals surface area contributed by atoms with E-state index in [9.17, 15) is 0 Å². The minimum absolute atomic E-state index is 0.0368. The van der Waals surface area contributed by atoms with Crippen molar-refractivity contribution in [2.45, 2.75) is 12.6 Å². The maximum absolute atomic E-state index is 5.57. The van der Waals surface area contributed by atoms with Gasteiger partial charge in [-0.3, -0.25) is 4.99 Å². The van der Waals surface area contributed by atoms with Gasteiger partial charge in [0.1, 0.15) is 0 Å². The molecule has 2 N–H and O–H groups in total. The third-order valence-electron chi connectivity index (χ3n) is 4.03. The molecule has 6 nitrogen and oxygen atoms in total. The topological polar surface area (TPSA) is 64.1 Å². The van der Waals surface area contributed by atoms with Gasteiger partial charge in [0.25, 0.3) is 0 Å². The van der Waals surface area contributed by atoms with Crippen molar-refractivity contribution in [3.8, 4) is 11.5 Å². The number of fused-ring (bicyclic) bond motifs is 1. The Labute approximate surface area is 147 Å². The lowest BCUT2D eigenvalue weighted by Crippen LogP contribution is -2.39. The molecule has 0 bridgehead atoms. The third-order valence-corrected chi connectivity index (χ3v) is 4.03. The molecule has 2 aromatic rings. The van der Waals surface area contributed by atoms with Gasteiger partial charge in [0.05, 0.1) is 6.10 Å². The van der Waals surface area contributed by atoms with E-state index in [1.165, 1.54) is 0 Å². The Balaban J connectivity index is 1.53. The molecule has 0 saturated heterocycles. The van der Waals surface area contributed by atoms with Crippen LogP contribution in [-0.2, 0) is 11.3 Å². The average Bonchev–Trinajstić information content (AvgIpc) is 3.13. The second-order valence-electron chi connectivity index (χ2n) is 5.63. The Morgan fingerprint density at radius 3 is 2.68 bits per heavy atom. The largest absolute Gasteiger partial charge is 0.454 e. The van der Waals surface area contributed by atoms with Gasteiger partial charge in [-0.25, -0.2) is 0 Å².